The van der Waals surface area contributed by atoms with Gasteiger partial charge in [0.15, 0.2) is 24.5 Å². The van der Waals surface area contributed by atoms with Crippen molar-refractivity contribution in [1.82, 2.24) is 39.7 Å². The molecule has 0 unspecified atom stereocenters. The Labute approximate surface area is 414 Å². The van der Waals surface area contributed by atoms with E-state index in [1.165, 1.54) is 30.6 Å². The Kier molecular flexibility index (Phi) is 16.9. The van der Waals surface area contributed by atoms with Crippen molar-refractivity contribution in [1.29, 1.82) is 0 Å². The lowest BCUT2D eigenvalue weighted by Crippen LogP contribution is -2.42. The maximum Gasteiger partial charge on any atom is 0.573 e. The third-order valence-corrected chi connectivity index (χ3v) is 11.7. The molecule has 0 spiro atoms. The van der Waals surface area contributed by atoms with Crippen LogP contribution in [0.15, 0.2) is 67.0 Å². The van der Waals surface area contributed by atoms with Crippen molar-refractivity contribution >= 4 is 68.8 Å². The fraction of sp³-hybridized carbons (Fsp3) is 0.404. The molecule has 0 aliphatic carbocycles. The van der Waals surface area contributed by atoms with Crippen LogP contribution >= 0.6 is 11.6 Å². The lowest BCUT2D eigenvalue weighted by molar-refractivity contribution is -0.275. The molecule has 72 heavy (non-hydrogen) atoms. The van der Waals surface area contributed by atoms with Crippen molar-refractivity contribution in [2.75, 3.05) is 94.1 Å². The maximum absolute atomic E-state index is 12.4. The van der Waals surface area contributed by atoms with E-state index in [2.05, 4.69) is 90.8 Å². The maximum atomic E-state index is 12.4. The van der Waals surface area contributed by atoms with Gasteiger partial charge >= 0.3 is 12.7 Å². The molecule has 0 radical (unpaired) electrons. The van der Waals surface area contributed by atoms with E-state index in [-0.39, 0.29) is 28.9 Å². The second-order valence-corrected chi connectivity index (χ2v) is 17.5. The summed E-state index contributed by atoms with van der Waals surface area (Å²) in [6, 6.07) is 12.0. The number of anilines is 4. The number of aromatic nitrogens is 6. The highest BCUT2D eigenvalue weighted by Crippen LogP contribution is 2.32. The molecule has 6 heterocycles. The number of carbonyl (C=O) groups excluding carboxylic acids is 2. The molecule has 0 bridgehead atoms. The monoisotopic (exact) mass is 1030 g/mol. The van der Waals surface area contributed by atoms with Crippen molar-refractivity contribution < 1.29 is 54.9 Å². The van der Waals surface area contributed by atoms with Gasteiger partial charge in [-0.15, -0.1) is 26.3 Å². The summed E-state index contributed by atoms with van der Waals surface area (Å²) in [5, 5.41) is 6.66. The Balaban J connectivity index is 0.000000211. The molecule has 2 aromatic carbocycles. The number of hydrogen-bond donors (Lipinski definition) is 2. The van der Waals surface area contributed by atoms with Gasteiger partial charge in [0.2, 0.25) is 11.9 Å². The largest absolute Gasteiger partial charge is 0.573 e. The normalized spacial score (nSPS) is 14.9. The first-order chi connectivity index (χ1) is 34.1. The lowest BCUT2D eigenvalue weighted by atomic mass is 10.0. The Morgan fingerprint density at radius 1 is 0.667 bits per heavy atom. The minimum Gasteiger partial charge on any atom is -0.484 e. The highest BCUT2D eigenvalue weighted by molar-refractivity contribution is 6.32. The first-order valence-electron chi connectivity index (χ1n) is 22.5. The summed E-state index contributed by atoms with van der Waals surface area (Å²) in [5.74, 6) is -0.275. The summed E-state index contributed by atoms with van der Waals surface area (Å²) in [6.45, 7) is 8.38. The molecule has 2 aliphatic rings. The zero-order chi connectivity index (χ0) is 51.7. The lowest BCUT2D eigenvalue weighted by Gasteiger charge is -2.35. The standard InChI is InChI=1S/C24H27F3N6O3.C23H24ClF3N6O3/c1-15-20-12-16(30-21(34)14-35-18-4-6-19(7-5-18)36-24(25,26)27)13-28-22(20)31-23(29-15)33-10-8-17(9-11-33)32(2)3;1-14-17-10-15(12-28-21(17)31-22(29-14)33-7-3-6-32(2)8-9-33)30-20(34)13-35-19-5-4-16(11-18(19)24)36-23(25,26)27/h4-7,12-13,17H,8-11,14H2,1-3H3,(H,30,34);4-5,10-12H,3,6-9,13H2,1-2H3,(H,30,34). The average molecular weight is 1030 g/mol. The van der Waals surface area contributed by atoms with Gasteiger partial charge < -0.3 is 49.2 Å². The molecule has 0 atom stereocenters. The third-order valence-electron chi connectivity index (χ3n) is 11.4. The second kappa shape index (κ2) is 23.0. The number of amides is 2. The van der Waals surface area contributed by atoms with Gasteiger partial charge in [-0.25, -0.2) is 19.9 Å². The molecule has 2 saturated heterocycles. The van der Waals surface area contributed by atoms with Gasteiger partial charge in [-0.1, -0.05) is 11.6 Å². The van der Waals surface area contributed by atoms with E-state index in [0.717, 1.165) is 99.6 Å². The Bertz CT molecular complexity index is 2860. The predicted octanol–water partition coefficient (Wildman–Crippen LogP) is 7.82. The van der Waals surface area contributed by atoms with Crippen LogP contribution in [0.1, 0.15) is 30.7 Å². The van der Waals surface area contributed by atoms with E-state index in [1.807, 2.05) is 13.8 Å². The van der Waals surface area contributed by atoms with E-state index in [1.54, 1.807) is 12.1 Å². The molecule has 2 aliphatic heterocycles. The van der Waals surface area contributed by atoms with Crippen LogP contribution in [0, 0.1) is 13.8 Å². The summed E-state index contributed by atoms with van der Waals surface area (Å²) in [6.07, 6.45) is -3.51. The van der Waals surface area contributed by atoms with Crippen LogP contribution in [-0.4, -0.2) is 144 Å². The molecule has 4 aromatic heterocycles. The quantitative estimate of drug-likeness (QED) is 0.107. The van der Waals surface area contributed by atoms with Gasteiger partial charge in [-0.3, -0.25) is 9.59 Å². The van der Waals surface area contributed by atoms with Crippen molar-refractivity contribution in [3.05, 3.63) is 83.4 Å². The van der Waals surface area contributed by atoms with Gasteiger partial charge in [-0.2, -0.15) is 9.97 Å². The molecule has 384 valence electrons. The first-order valence-corrected chi connectivity index (χ1v) is 22.9. The second-order valence-electron chi connectivity index (χ2n) is 17.1. The van der Waals surface area contributed by atoms with Gasteiger partial charge in [0, 0.05) is 55.6 Å². The number of carbonyl (C=O) groups is 2. The molecule has 2 N–H and O–H groups in total. The van der Waals surface area contributed by atoms with Crippen molar-refractivity contribution in [2.24, 2.45) is 0 Å². The van der Waals surface area contributed by atoms with Crippen LogP contribution in [0.3, 0.4) is 0 Å². The highest BCUT2D eigenvalue weighted by atomic mass is 35.5. The highest BCUT2D eigenvalue weighted by Gasteiger charge is 2.32. The Morgan fingerprint density at radius 3 is 1.69 bits per heavy atom. The number of pyridine rings is 2. The number of fused-ring (bicyclic) bond motifs is 2. The number of benzene rings is 2. The SMILES string of the molecule is Cc1nc(N2CCC(N(C)C)CC2)nc2ncc(NC(=O)COc3ccc(OC(F)(F)F)cc3)cc12.Cc1nc(N2CCCN(C)CC2)nc2ncc(NC(=O)COc3ccc(OC(F)(F)F)cc3Cl)cc12. The van der Waals surface area contributed by atoms with Gasteiger partial charge in [0.05, 0.1) is 40.2 Å². The van der Waals surface area contributed by atoms with Crippen molar-refractivity contribution in [3.8, 4) is 23.0 Å². The van der Waals surface area contributed by atoms with Gasteiger partial charge in [-0.05, 0) is 109 Å². The van der Waals surface area contributed by atoms with E-state index < -0.39 is 36.9 Å². The number of piperidine rings is 1. The summed E-state index contributed by atoms with van der Waals surface area (Å²) in [5.41, 5.74) is 3.44. The number of alkyl halides is 6. The summed E-state index contributed by atoms with van der Waals surface area (Å²) >= 11 is 5.94. The van der Waals surface area contributed by atoms with Crippen molar-refractivity contribution in [3.63, 3.8) is 0 Å². The fourth-order valence-corrected chi connectivity index (χ4v) is 7.98. The minimum atomic E-state index is -4.84. The number of nitrogens with one attached hydrogen (secondary N) is 2. The molecule has 2 amide bonds. The number of halogens is 7. The van der Waals surface area contributed by atoms with Crippen LogP contribution < -0.4 is 39.4 Å². The minimum absolute atomic E-state index is 0.0365. The first kappa shape index (κ1) is 52.8. The molecule has 18 nitrogen and oxygen atoms in total. The van der Waals surface area contributed by atoms with E-state index in [9.17, 15) is 35.9 Å². The van der Waals surface area contributed by atoms with Crippen LogP contribution in [0.25, 0.3) is 22.1 Å². The Hall–Kier alpha value is -7.05. The van der Waals surface area contributed by atoms with Crippen LogP contribution in [0.5, 0.6) is 23.0 Å². The smallest absolute Gasteiger partial charge is 0.484 e. The molecular formula is C47H51ClF6N12O6. The van der Waals surface area contributed by atoms with Crippen LogP contribution in [-0.2, 0) is 9.59 Å². The number of nitrogens with zero attached hydrogens (tertiary/aromatic N) is 10. The molecule has 6 aromatic rings. The number of likely N-dealkylation sites (N-methyl/N-ethyl adjacent to an activating group) is 1. The van der Waals surface area contributed by atoms with E-state index in [0.29, 0.717) is 46.0 Å². The summed E-state index contributed by atoms with van der Waals surface area (Å²) < 4.78 is 92.0. The van der Waals surface area contributed by atoms with Gasteiger partial charge in [0.1, 0.15) is 23.0 Å². The van der Waals surface area contributed by atoms with E-state index >= 15 is 0 Å². The zero-order valence-corrected chi connectivity index (χ0v) is 40.5. The molecule has 25 heteroatoms. The van der Waals surface area contributed by atoms with Crippen molar-refractivity contribution in [2.45, 2.75) is 51.9 Å². The third kappa shape index (κ3) is 15.0. The molecule has 8 rings (SSSR count). The van der Waals surface area contributed by atoms with E-state index in [4.69, 9.17) is 21.1 Å². The summed E-state index contributed by atoms with van der Waals surface area (Å²) in [4.78, 5) is 60.9. The zero-order valence-electron chi connectivity index (χ0n) is 39.8. The van der Waals surface area contributed by atoms with Crippen LogP contribution in [0.2, 0.25) is 5.02 Å². The number of rotatable bonds is 13. The molecule has 0 saturated carbocycles. The molecular weight excluding hydrogens is 978 g/mol. The van der Waals surface area contributed by atoms with Gasteiger partial charge in [0.25, 0.3) is 11.8 Å². The topological polar surface area (TPSA) is 185 Å². The predicted molar refractivity (Wildman–Crippen MR) is 257 cm³/mol. The number of hydrogen-bond acceptors (Lipinski definition) is 16. The number of aryl methyl sites for hydroxylation is 2. The average Bonchev–Trinajstić information content (AvgIpc) is 3.54. The summed E-state index contributed by atoms with van der Waals surface area (Å²) in [7, 11) is 6.28. The Morgan fingerprint density at radius 2 is 1.17 bits per heavy atom. The van der Waals surface area contributed by atoms with Crippen LogP contribution in [0.4, 0.5) is 49.6 Å². The molecule has 2 fully saturated rings. The number of ether oxygens (including phenoxy) is 4. The fourth-order valence-electron chi connectivity index (χ4n) is 7.75.